The number of rotatable bonds is 3. The van der Waals surface area contributed by atoms with Crippen LogP contribution in [0, 0.1) is 36.2 Å². The third-order valence-corrected chi connectivity index (χ3v) is 9.69. The number of carbonyl (C=O) groups is 1. The van der Waals surface area contributed by atoms with Gasteiger partial charge in [-0.05, 0) is 79.0 Å². The molecule has 0 saturated heterocycles. The topological polar surface area (TPSA) is 50.2 Å². The summed E-state index contributed by atoms with van der Waals surface area (Å²) in [6.45, 7) is 27.3. The third-order valence-electron chi connectivity index (χ3n) is 9.69. The molecule has 0 amide bonds. The van der Waals surface area contributed by atoms with Crippen molar-refractivity contribution >= 4 is 27.5 Å². The number of ketones is 1. The monoisotopic (exact) mass is 825 g/mol. The summed E-state index contributed by atoms with van der Waals surface area (Å²) in [4.78, 5) is 16.7. The van der Waals surface area contributed by atoms with Crippen LogP contribution in [0.1, 0.15) is 130 Å². The predicted molar refractivity (Wildman–Crippen MR) is 201 cm³/mol. The molecule has 0 atom stereocenters. The predicted octanol–water partition coefficient (Wildman–Crippen LogP) is 12.5. The molecule has 48 heavy (non-hydrogen) atoms. The smallest absolute Gasteiger partial charge is 0.164 e. The van der Waals surface area contributed by atoms with Gasteiger partial charge in [0.2, 0.25) is 0 Å². The molecule has 1 fully saturated rings. The van der Waals surface area contributed by atoms with Gasteiger partial charge in [-0.2, -0.15) is 0 Å². The second-order valence-electron chi connectivity index (χ2n) is 17.8. The van der Waals surface area contributed by atoms with Crippen LogP contribution < -0.4 is 0 Å². The van der Waals surface area contributed by atoms with E-state index in [0.29, 0.717) is 11.3 Å². The van der Waals surface area contributed by atoms with Crippen molar-refractivity contribution in [3.05, 3.63) is 88.7 Å². The Hall–Kier alpha value is -2.81. The van der Waals surface area contributed by atoms with E-state index in [4.69, 9.17) is 4.98 Å². The number of pyridine rings is 1. The van der Waals surface area contributed by atoms with Crippen LogP contribution in [0.3, 0.4) is 0 Å². The Morgan fingerprint density at radius 3 is 2.06 bits per heavy atom. The van der Waals surface area contributed by atoms with Crippen LogP contribution in [-0.2, 0) is 30.3 Å². The number of benzene rings is 3. The number of carbonyl (C=O) groups excluding carboxylic acids is 1. The van der Waals surface area contributed by atoms with Crippen molar-refractivity contribution in [3.8, 4) is 11.3 Å². The fourth-order valence-corrected chi connectivity index (χ4v) is 6.51. The van der Waals surface area contributed by atoms with E-state index in [2.05, 4.69) is 103 Å². The van der Waals surface area contributed by atoms with Crippen LogP contribution in [0.15, 0.2) is 60.4 Å². The van der Waals surface area contributed by atoms with Crippen LogP contribution in [0.4, 0.5) is 0 Å². The number of hydrogen-bond acceptors (Lipinski definition) is 3. The molecule has 0 bridgehead atoms. The molecule has 1 aliphatic rings. The van der Waals surface area contributed by atoms with E-state index in [9.17, 15) is 9.90 Å². The quantitative estimate of drug-likeness (QED) is 0.127. The van der Waals surface area contributed by atoms with Gasteiger partial charge >= 0.3 is 0 Å². The zero-order valence-electron chi connectivity index (χ0n) is 31.7. The van der Waals surface area contributed by atoms with E-state index in [-0.39, 0.29) is 42.5 Å². The first kappa shape index (κ1) is 39.6. The molecular weight excluding hydrogens is 767 g/mol. The molecule has 1 aliphatic carbocycles. The summed E-state index contributed by atoms with van der Waals surface area (Å²) in [6, 6.07) is 21.7. The first-order chi connectivity index (χ1) is 21.6. The molecule has 1 radical (unpaired) electrons. The average Bonchev–Trinajstić information content (AvgIpc) is 2.94. The van der Waals surface area contributed by atoms with Crippen molar-refractivity contribution in [1.29, 1.82) is 0 Å². The molecule has 0 aliphatic heterocycles. The number of fused-ring (bicyclic) bond motifs is 2. The summed E-state index contributed by atoms with van der Waals surface area (Å²) in [7, 11) is 0. The molecule has 3 aromatic carbocycles. The standard InChI is InChI=1S/C33H38N.C11H20O2.Ir/c1-21-16-22(2)31-27(23-12-14-33(6,7)15-13-23)20-29(34-30(31)17-21)25-18-24-10-8-9-11-26(24)28(19-25)32(3,4)5;1-10(2,3)8(12)7-9(13)11(4,5)6;/h8-11,16-17,19-20,23H,12-15H2,1-7H3;7,12H,1-6H3;/q-1;;/b;8-7-;. The summed E-state index contributed by atoms with van der Waals surface area (Å²) in [5.41, 5.74) is 8.54. The Balaban J connectivity index is 0.000000382. The molecule has 0 spiro atoms. The fourth-order valence-electron chi connectivity index (χ4n) is 6.51. The number of nitrogens with zero attached hydrogens (tertiary/aromatic N) is 1. The average molecular weight is 825 g/mol. The molecule has 4 aromatic rings. The van der Waals surface area contributed by atoms with Crippen molar-refractivity contribution < 1.29 is 30.0 Å². The molecule has 5 rings (SSSR count). The molecule has 261 valence electrons. The van der Waals surface area contributed by atoms with E-state index in [1.165, 1.54) is 70.2 Å². The van der Waals surface area contributed by atoms with E-state index < -0.39 is 5.41 Å². The van der Waals surface area contributed by atoms with Crippen LogP contribution in [0.2, 0.25) is 0 Å². The number of hydrogen-bond donors (Lipinski definition) is 1. The van der Waals surface area contributed by atoms with Gasteiger partial charge in [-0.25, -0.2) is 0 Å². The number of aromatic nitrogens is 1. The van der Waals surface area contributed by atoms with Crippen molar-refractivity contribution in [3.63, 3.8) is 0 Å². The summed E-state index contributed by atoms with van der Waals surface area (Å²) >= 11 is 0. The summed E-state index contributed by atoms with van der Waals surface area (Å²) in [5.74, 6) is 0.702. The number of aliphatic hydroxyl groups is 1. The van der Waals surface area contributed by atoms with E-state index in [0.717, 1.165) is 16.8 Å². The Labute approximate surface area is 304 Å². The zero-order valence-corrected chi connectivity index (χ0v) is 34.1. The molecule has 1 saturated carbocycles. The normalized spacial score (nSPS) is 15.9. The SMILES string of the molecule is CC(C)(C)C(=O)/C=C(\O)C(C)(C)C.Cc1cc(C)c2c(C3CCC(C)(C)CC3)cc(-c3[c-]c4ccccc4c(C(C)(C)C)c3)nc2c1.[Ir]. The van der Waals surface area contributed by atoms with Gasteiger partial charge < -0.3 is 5.11 Å². The van der Waals surface area contributed by atoms with Gasteiger partial charge in [-0.15, -0.1) is 29.1 Å². The van der Waals surface area contributed by atoms with Crippen LogP contribution >= 0.6 is 0 Å². The maximum atomic E-state index is 11.5. The van der Waals surface area contributed by atoms with Crippen molar-refractivity contribution in [2.75, 3.05) is 0 Å². The van der Waals surface area contributed by atoms with Crippen molar-refractivity contribution in [2.45, 2.75) is 127 Å². The third kappa shape index (κ3) is 9.45. The van der Waals surface area contributed by atoms with Crippen molar-refractivity contribution in [2.24, 2.45) is 16.2 Å². The number of aliphatic hydroxyl groups excluding tert-OH is 1. The van der Waals surface area contributed by atoms with Crippen LogP contribution in [-0.4, -0.2) is 15.9 Å². The van der Waals surface area contributed by atoms with Gasteiger partial charge in [0, 0.05) is 48.1 Å². The first-order valence-electron chi connectivity index (χ1n) is 17.4. The number of aryl methyl sites for hydroxylation is 2. The van der Waals surface area contributed by atoms with Gasteiger partial charge in [0.15, 0.2) is 5.78 Å². The van der Waals surface area contributed by atoms with Crippen molar-refractivity contribution in [1.82, 2.24) is 4.98 Å². The molecule has 0 unspecified atom stereocenters. The summed E-state index contributed by atoms with van der Waals surface area (Å²) in [5, 5.41) is 13.4. The maximum Gasteiger partial charge on any atom is 0.164 e. The van der Waals surface area contributed by atoms with Gasteiger partial charge in [0.05, 0.1) is 5.52 Å². The second kappa shape index (κ2) is 14.6. The van der Waals surface area contributed by atoms with Crippen LogP contribution in [0.25, 0.3) is 32.9 Å². The van der Waals surface area contributed by atoms with Gasteiger partial charge in [-0.1, -0.05) is 117 Å². The maximum absolute atomic E-state index is 11.5. The Morgan fingerprint density at radius 2 is 1.50 bits per heavy atom. The van der Waals surface area contributed by atoms with Gasteiger partial charge in [0.1, 0.15) is 5.76 Å². The zero-order chi connectivity index (χ0) is 35.1. The second-order valence-corrected chi connectivity index (χ2v) is 17.8. The minimum absolute atomic E-state index is 0. The minimum atomic E-state index is -0.417. The molecular formula is C44H58IrNO2-. The Kier molecular flexibility index (Phi) is 12.0. The fraction of sp³-hybridized carbons (Fsp3) is 0.500. The Bertz CT molecular complexity index is 1800. The molecule has 3 nitrogen and oxygen atoms in total. The van der Waals surface area contributed by atoms with Gasteiger partial charge in [-0.3, -0.25) is 9.78 Å². The number of allylic oxidation sites excluding steroid dienone is 2. The van der Waals surface area contributed by atoms with Gasteiger partial charge in [0.25, 0.3) is 0 Å². The summed E-state index contributed by atoms with van der Waals surface area (Å²) < 4.78 is 0. The minimum Gasteiger partial charge on any atom is -0.512 e. The molecule has 1 heterocycles. The largest absolute Gasteiger partial charge is 0.512 e. The van der Waals surface area contributed by atoms with E-state index in [1.54, 1.807) is 0 Å². The van der Waals surface area contributed by atoms with E-state index >= 15 is 0 Å². The van der Waals surface area contributed by atoms with Crippen LogP contribution in [0.5, 0.6) is 0 Å². The molecule has 1 aromatic heterocycles. The van der Waals surface area contributed by atoms with E-state index in [1.807, 2.05) is 41.5 Å². The molecule has 1 N–H and O–H groups in total. The molecule has 4 heteroatoms. The first-order valence-corrected chi connectivity index (χ1v) is 17.4. The Morgan fingerprint density at radius 1 is 0.896 bits per heavy atom. The summed E-state index contributed by atoms with van der Waals surface area (Å²) in [6.07, 6.45) is 6.43.